The molecule has 0 atom stereocenters. The van der Waals surface area contributed by atoms with Gasteiger partial charge in [-0.3, -0.25) is 0 Å². The summed E-state index contributed by atoms with van der Waals surface area (Å²) in [5.74, 6) is 0.980. The van der Waals surface area contributed by atoms with Crippen molar-refractivity contribution in [3.8, 4) is 11.5 Å². The topological polar surface area (TPSA) is 57.1 Å². The third kappa shape index (κ3) is 4.68. The zero-order chi connectivity index (χ0) is 19.2. The van der Waals surface area contributed by atoms with E-state index in [2.05, 4.69) is 11.9 Å². The van der Waals surface area contributed by atoms with Gasteiger partial charge in [0.05, 0.1) is 19.3 Å². The van der Waals surface area contributed by atoms with Crippen LogP contribution in [0.1, 0.15) is 30.9 Å². The lowest BCUT2D eigenvalue weighted by molar-refractivity contribution is -0.129. The molecule has 2 aromatic carbocycles. The monoisotopic (exact) mass is 385 g/mol. The van der Waals surface area contributed by atoms with Crippen molar-refractivity contribution in [2.45, 2.75) is 19.8 Å². The highest BCUT2D eigenvalue weighted by atomic mass is 35.5. The molecule has 5 nitrogen and oxygen atoms in total. The van der Waals surface area contributed by atoms with Crippen LogP contribution in [0, 0.1) is 0 Å². The van der Waals surface area contributed by atoms with Crippen molar-refractivity contribution in [2.24, 2.45) is 4.99 Å². The lowest BCUT2D eigenvalue weighted by atomic mass is 10.2. The van der Waals surface area contributed by atoms with E-state index >= 15 is 0 Å². The predicted molar refractivity (Wildman–Crippen MR) is 105 cm³/mol. The van der Waals surface area contributed by atoms with E-state index in [9.17, 15) is 4.79 Å². The molecular formula is C21H20ClNO4. The first-order valence-corrected chi connectivity index (χ1v) is 9.08. The van der Waals surface area contributed by atoms with E-state index in [0.29, 0.717) is 22.9 Å². The van der Waals surface area contributed by atoms with Crippen molar-refractivity contribution >= 4 is 29.5 Å². The van der Waals surface area contributed by atoms with E-state index < -0.39 is 5.97 Å². The van der Waals surface area contributed by atoms with Crippen molar-refractivity contribution in [3.05, 3.63) is 64.3 Å². The Balaban J connectivity index is 1.81. The third-order valence-electron chi connectivity index (χ3n) is 3.96. The maximum absolute atomic E-state index is 12.2. The van der Waals surface area contributed by atoms with E-state index in [1.807, 2.05) is 24.3 Å². The summed E-state index contributed by atoms with van der Waals surface area (Å²) in [5, 5.41) is 0.501. The predicted octanol–water partition coefficient (Wildman–Crippen LogP) is 4.87. The Hall–Kier alpha value is -2.79. The third-order valence-corrected chi connectivity index (χ3v) is 4.20. The number of aliphatic imine (C=N–C) groups is 1. The van der Waals surface area contributed by atoms with Crippen LogP contribution in [0.25, 0.3) is 6.08 Å². The van der Waals surface area contributed by atoms with Gasteiger partial charge in [-0.2, -0.15) is 0 Å². The van der Waals surface area contributed by atoms with Crippen molar-refractivity contribution < 1.29 is 19.0 Å². The molecule has 1 heterocycles. The summed E-state index contributed by atoms with van der Waals surface area (Å²) in [6.45, 7) is 2.81. The number of unbranched alkanes of at least 4 members (excludes halogenated alkanes) is 1. The number of methoxy groups -OCH3 is 1. The van der Waals surface area contributed by atoms with Crippen molar-refractivity contribution in [2.75, 3.05) is 13.7 Å². The Bertz CT molecular complexity index is 888. The summed E-state index contributed by atoms with van der Waals surface area (Å²) >= 11 is 6.04. The van der Waals surface area contributed by atoms with Crippen LogP contribution >= 0.6 is 11.6 Å². The molecule has 0 fully saturated rings. The molecule has 6 heteroatoms. The average Bonchev–Trinajstić information content (AvgIpc) is 3.03. The molecule has 0 saturated heterocycles. The van der Waals surface area contributed by atoms with Gasteiger partial charge in [-0.05, 0) is 48.4 Å². The normalized spacial score (nSPS) is 14.9. The van der Waals surface area contributed by atoms with Gasteiger partial charge in [0, 0.05) is 5.02 Å². The summed E-state index contributed by atoms with van der Waals surface area (Å²) in [7, 11) is 1.53. The first kappa shape index (κ1) is 19.0. The summed E-state index contributed by atoms with van der Waals surface area (Å²) in [4.78, 5) is 16.5. The molecule has 1 aliphatic rings. The second-order valence-electron chi connectivity index (χ2n) is 5.95. The van der Waals surface area contributed by atoms with E-state index in [1.165, 1.54) is 7.11 Å². The van der Waals surface area contributed by atoms with Crippen molar-refractivity contribution in [1.82, 2.24) is 0 Å². The zero-order valence-corrected chi connectivity index (χ0v) is 16.0. The summed E-state index contributed by atoms with van der Waals surface area (Å²) in [5.41, 5.74) is 1.57. The molecule has 2 aromatic rings. The standard InChI is InChI=1S/C21H20ClNO4/c1-3-4-11-26-16-8-5-14(6-9-16)12-18-21(24)27-20(23-18)17-13-15(22)7-10-19(17)25-2/h5-10,12-13H,3-4,11H2,1-2H3/b18-12-. The Morgan fingerprint density at radius 3 is 2.67 bits per heavy atom. The van der Waals surface area contributed by atoms with E-state index in [0.717, 1.165) is 24.2 Å². The molecule has 0 aromatic heterocycles. The fourth-order valence-corrected chi connectivity index (χ4v) is 2.70. The van der Waals surface area contributed by atoms with Gasteiger partial charge in [0.25, 0.3) is 0 Å². The molecule has 0 amide bonds. The summed E-state index contributed by atoms with van der Waals surface area (Å²) in [6, 6.07) is 12.5. The molecule has 0 N–H and O–H groups in total. The lowest BCUT2D eigenvalue weighted by Crippen LogP contribution is -2.07. The van der Waals surface area contributed by atoms with E-state index in [-0.39, 0.29) is 11.6 Å². The van der Waals surface area contributed by atoms with Gasteiger partial charge in [0.1, 0.15) is 11.5 Å². The largest absolute Gasteiger partial charge is 0.496 e. The van der Waals surface area contributed by atoms with Gasteiger partial charge >= 0.3 is 5.97 Å². The Morgan fingerprint density at radius 1 is 1.19 bits per heavy atom. The van der Waals surface area contributed by atoms with Crippen LogP contribution < -0.4 is 9.47 Å². The van der Waals surface area contributed by atoms with Crippen LogP contribution in [0.3, 0.4) is 0 Å². The van der Waals surface area contributed by atoms with E-state index in [4.69, 9.17) is 25.8 Å². The molecule has 0 spiro atoms. The number of rotatable bonds is 7. The minimum Gasteiger partial charge on any atom is -0.496 e. The molecule has 0 radical (unpaired) electrons. The maximum Gasteiger partial charge on any atom is 0.363 e. The van der Waals surface area contributed by atoms with Crippen molar-refractivity contribution in [1.29, 1.82) is 0 Å². The Labute approximate surface area is 163 Å². The van der Waals surface area contributed by atoms with E-state index in [1.54, 1.807) is 24.3 Å². The number of halogens is 1. The molecule has 0 aliphatic carbocycles. The molecule has 3 rings (SSSR count). The summed E-state index contributed by atoms with van der Waals surface area (Å²) in [6.07, 6.45) is 3.77. The van der Waals surface area contributed by atoms with Gasteiger partial charge in [-0.15, -0.1) is 0 Å². The van der Waals surface area contributed by atoms with Crippen LogP contribution in [-0.4, -0.2) is 25.6 Å². The number of cyclic esters (lactones) is 1. The zero-order valence-electron chi connectivity index (χ0n) is 15.2. The molecular weight excluding hydrogens is 366 g/mol. The quantitative estimate of drug-likeness (QED) is 0.387. The molecule has 1 aliphatic heterocycles. The lowest BCUT2D eigenvalue weighted by Gasteiger charge is -2.07. The fraction of sp³-hybridized carbons (Fsp3) is 0.238. The number of benzene rings is 2. The molecule has 0 bridgehead atoms. The molecule has 140 valence electrons. The number of hydrogen-bond acceptors (Lipinski definition) is 5. The summed E-state index contributed by atoms with van der Waals surface area (Å²) < 4.78 is 16.2. The second-order valence-corrected chi connectivity index (χ2v) is 6.39. The van der Waals surface area contributed by atoms with Gasteiger partial charge in [0.2, 0.25) is 5.90 Å². The molecule has 27 heavy (non-hydrogen) atoms. The SMILES string of the molecule is CCCCOc1ccc(/C=C2\N=C(c3cc(Cl)ccc3OC)OC2=O)cc1. The second kappa shape index (κ2) is 8.73. The Kier molecular flexibility index (Phi) is 6.14. The van der Waals surface area contributed by atoms with Crippen LogP contribution in [0.4, 0.5) is 0 Å². The van der Waals surface area contributed by atoms with Gasteiger partial charge in [-0.1, -0.05) is 37.1 Å². The highest BCUT2D eigenvalue weighted by Gasteiger charge is 2.26. The van der Waals surface area contributed by atoms with Gasteiger partial charge in [0.15, 0.2) is 5.70 Å². The molecule has 0 saturated carbocycles. The number of carbonyl (C=O) groups excluding carboxylic acids is 1. The van der Waals surface area contributed by atoms with Crippen molar-refractivity contribution in [3.63, 3.8) is 0 Å². The van der Waals surface area contributed by atoms with Crippen LogP contribution in [0.15, 0.2) is 53.2 Å². The Morgan fingerprint density at radius 2 is 1.96 bits per heavy atom. The highest BCUT2D eigenvalue weighted by molar-refractivity contribution is 6.31. The van der Waals surface area contributed by atoms with Crippen LogP contribution in [0.5, 0.6) is 11.5 Å². The molecule has 0 unspecified atom stereocenters. The van der Waals surface area contributed by atoms with Crippen LogP contribution in [-0.2, 0) is 9.53 Å². The van der Waals surface area contributed by atoms with Gasteiger partial charge in [-0.25, -0.2) is 9.79 Å². The number of nitrogens with zero attached hydrogens (tertiary/aromatic N) is 1. The minimum atomic E-state index is -0.518. The fourth-order valence-electron chi connectivity index (χ4n) is 2.52. The minimum absolute atomic E-state index is 0.171. The first-order valence-electron chi connectivity index (χ1n) is 8.70. The van der Waals surface area contributed by atoms with Gasteiger partial charge < -0.3 is 14.2 Å². The smallest absolute Gasteiger partial charge is 0.363 e. The average molecular weight is 386 g/mol. The van der Waals surface area contributed by atoms with Crippen LogP contribution in [0.2, 0.25) is 5.02 Å². The maximum atomic E-state index is 12.2. The highest BCUT2D eigenvalue weighted by Crippen LogP contribution is 2.28. The number of ether oxygens (including phenoxy) is 3. The number of carbonyl (C=O) groups is 1. The number of esters is 1. The number of hydrogen-bond donors (Lipinski definition) is 0. The first-order chi connectivity index (χ1) is 13.1.